The van der Waals surface area contributed by atoms with E-state index < -0.39 is 97.5 Å². The second-order valence-electron chi connectivity index (χ2n) is 27.3. The molecule has 0 fully saturated rings. The van der Waals surface area contributed by atoms with Crippen molar-refractivity contribution in [1.29, 1.82) is 0 Å². The number of aliphatic hydroxyl groups is 1. The molecule has 0 bridgehead atoms. The number of unbranched alkanes of at least 4 members (excludes halogenated alkanes) is 46. The average Bonchev–Trinajstić information content (AvgIpc) is 3.76. The van der Waals surface area contributed by atoms with Crippen LogP contribution in [0.1, 0.15) is 394 Å². The molecule has 0 aromatic carbocycles. The number of esters is 4. The molecule has 0 spiro atoms. The van der Waals surface area contributed by atoms with Crippen LogP contribution in [0.5, 0.6) is 0 Å². The van der Waals surface area contributed by atoms with Crippen LogP contribution in [0, 0.1) is 5.92 Å². The highest BCUT2D eigenvalue weighted by Gasteiger charge is 2.30. The van der Waals surface area contributed by atoms with Crippen molar-refractivity contribution in [3.63, 3.8) is 0 Å². The first kappa shape index (κ1) is 92.1. The van der Waals surface area contributed by atoms with Crippen LogP contribution in [0.15, 0.2) is 0 Å². The molecule has 17 nitrogen and oxygen atoms in total. The van der Waals surface area contributed by atoms with E-state index in [0.717, 1.165) is 95.8 Å². The lowest BCUT2D eigenvalue weighted by molar-refractivity contribution is -0.161. The van der Waals surface area contributed by atoms with E-state index in [0.29, 0.717) is 25.7 Å². The van der Waals surface area contributed by atoms with Crippen molar-refractivity contribution in [2.75, 3.05) is 39.6 Å². The van der Waals surface area contributed by atoms with Gasteiger partial charge in [0.15, 0.2) is 12.2 Å². The smallest absolute Gasteiger partial charge is 0.462 e. The number of ether oxygens (including phenoxy) is 4. The normalized spacial score (nSPS) is 14.3. The van der Waals surface area contributed by atoms with Gasteiger partial charge in [-0.3, -0.25) is 37.3 Å². The first-order valence-electron chi connectivity index (χ1n) is 39.2. The minimum Gasteiger partial charge on any atom is -0.462 e. The van der Waals surface area contributed by atoms with Gasteiger partial charge < -0.3 is 33.8 Å². The number of phosphoric ester groups is 2. The van der Waals surface area contributed by atoms with Gasteiger partial charge in [0.25, 0.3) is 0 Å². The Hall–Kier alpha value is -1.94. The first-order chi connectivity index (χ1) is 45.6. The van der Waals surface area contributed by atoms with Gasteiger partial charge in [0.1, 0.15) is 19.3 Å². The van der Waals surface area contributed by atoms with E-state index in [2.05, 4.69) is 34.6 Å². The molecule has 0 aliphatic heterocycles. The van der Waals surface area contributed by atoms with Crippen molar-refractivity contribution >= 4 is 39.5 Å². The topological polar surface area (TPSA) is 237 Å². The quantitative estimate of drug-likeness (QED) is 0.0222. The minimum absolute atomic E-state index is 0.106. The van der Waals surface area contributed by atoms with E-state index in [1.807, 2.05) is 0 Å². The Balaban J connectivity index is 5.24. The number of hydrogen-bond acceptors (Lipinski definition) is 15. The van der Waals surface area contributed by atoms with Gasteiger partial charge in [-0.15, -0.1) is 0 Å². The fourth-order valence-electron chi connectivity index (χ4n) is 11.5. The van der Waals surface area contributed by atoms with Gasteiger partial charge in [-0.1, -0.05) is 343 Å². The summed E-state index contributed by atoms with van der Waals surface area (Å²) in [7, 11) is -9.91. The molecule has 6 atom stereocenters. The molecule has 558 valence electrons. The molecule has 0 amide bonds. The predicted molar refractivity (Wildman–Crippen MR) is 382 cm³/mol. The lowest BCUT2D eigenvalue weighted by atomic mass is 9.99. The van der Waals surface area contributed by atoms with E-state index in [1.54, 1.807) is 0 Å². The Morgan fingerprint density at radius 2 is 0.511 bits per heavy atom. The van der Waals surface area contributed by atoms with Crippen molar-refractivity contribution in [3.05, 3.63) is 0 Å². The number of aliphatic hydroxyl groups excluding tert-OH is 1. The molecule has 0 heterocycles. The van der Waals surface area contributed by atoms with Gasteiger partial charge in [0.05, 0.1) is 26.4 Å². The number of carbonyl (C=O) groups excluding carboxylic acids is 4. The monoisotopic (exact) mass is 1380 g/mol. The maximum Gasteiger partial charge on any atom is 0.472 e. The molecular weight excluding hydrogens is 1230 g/mol. The second-order valence-corrected chi connectivity index (χ2v) is 30.2. The summed E-state index contributed by atoms with van der Waals surface area (Å²) in [5.74, 6) is -1.34. The molecule has 0 radical (unpaired) electrons. The van der Waals surface area contributed by atoms with Crippen LogP contribution in [0.25, 0.3) is 0 Å². The zero-order valence-corrected chi connectivity index (χ0v) is 62.9. The van der Waals surface area contributed by atoms with E-state index in [-0.39, 0.29) is 25.7 Å². The molecule has 0 saturated carbocycles. The van der Waals surface area contributed by atoms with Crippen molar-refractivity contribution in [1.82, 2.24) is 0 Å². The summed E-state index contributed by atoms with van der Waals surface area (Å²) in [6.45, 7) is 7.28. The molecule has 0 saturated heterocycles. The molecule has 0 aromatic heterocycles. The van der Waals surface area contributed by atoms with Crippen molar-refractivity contribution in [2.45, 2.75) is 412 Å². The molecule has 0 aromatic rings. The molecule has 0 aliphatic rings. The van der Waals surface area contributed by atoms with Crippen molar-refractivity contribution in [2.24, 2.45) is 5.92 Å². The Morgan fingerprint density at radius 3 is 0.755 bits per heavy atom. The summed E-state index contributed by atoms with van der Waals surface area (Å²) in [4.78, 5) is 72.8. The number of hydrogen-bond donors (Lipinski definition) is 3. The van der Waals surface area contributed by atoms with Crippen LogP contribution in [0.2, 0.25) is 0 Å². The Morgan fingerprint density at radius 1 is 0.298 bits per heavy atom. The zero-order chi connectivity index (χ0) is 69.1. The standard InChI is InChI=1S/C75H146O17P2/c1-6-10-13-16-19-22-25-27-28-29-30-31-33-36-39-45-50-55-60-74(79)91-70(64-86-73(78)59-54-49-44-38-35-32-26-23-20-17-14-11-7-2)66-89-93(81,82)87-62-69(76)63-88-94(83,84)90-67-71(65-85-72(77)58-53-48-43-37-34-24-21-18-15-12-8-3)92-75(80)61-56-51-46-41-40-42-47-52-57-68(5)9-4/h68-71,76H,6-67H2,1-5H3,(H,81,82)(H,83,84)/t68?,69-,70-,71-/m1/s1. The number of rotatable bonds is 75. The van der Waals surface area contributed by atoms with Gasteiger partial charge in [-0.2, -0.15) is 0 Å². The van der Waals surface area contributed by atoms with Crippen LogP contribution >= 0.6 is 15.6 Å². The molecule has 3 N–H and O–H groups in total. The SMILES string of the molecule is CCCCCCCCCCCCCCCCCCCCC(=O)O[C@H](COC(=O)CCCCCCCCCCCCCCC)COP(=O)(O)OC[C@@H](O)COP(=O)(O)OC[C@@H](COC(=O)CCCCCCCCCCCCC)OC(=O)CCCCCCCCCCC(C)CC. The second kappa shape index (κ2) is 68.2. The highest BCUT2D eigenvalue weighted by Crippen LogP contribution is 2.45. The van der Waals surface area contributed by atoms with Gasteiger partial charge in [-0.05, 0) is 31.6 Å². The molecular formula is C75H146O17P2. The Bertz CT molecular complexity index is 1810. The maximum atomic E-state index is 13.1. The minimum atomic E-state index is -4.96. The zero-order valence-electron chi connectivity index (χ0n) is 61.1. The van der Waals surface area contributed by atoms with E-state index in [1.165, 1.54) is 218 Å². The average molecular weight is 1380 g/mol. The maximum absolute atomic E-state index is 13.1. The van der Waals surface area contributed by atoms with Gasteiger partial charge in [0.2, 0.25) is 0 Å². The molecule has 0 rings (SSSR count). The third-order valence-electron chi connectivity index (χ3n) is 17.9. The Labute approximate surface area is 575 Å². The first-order valence-corrected chi connectivity index (χ1v) is 42.2. The fourth-order valence-corrected chi connectivity index (χ4v) is 13.1. The van der Waals surface area contributed by atoms with E-state index >= 15 is 0 Å². The Kier molecular flexibility index (Phi) is 66.8. The van der Waals surface area contributed by atoms with Crippen LogP contribution in [-0.4, -0.2) is 96.7 Å². The molecule has 3 unspecified atom stereocenters. The highest BCUT2D eigenvalue weighted by molar-refractivity contribution is 7.47. The highest BCUT2D eigenvalue weighted by atomic mass is 31.2. The number of carbonyl (C=O) groups is 4. The third kappa shape index (κ3) is 67.3. The lowest BCUT2D eigenvalue weighted by Crippen LogP contribution is -2.30. The third-order valence-corrected chi connectivity index (χ3v) is 19.8. The molecule has 19 heteroatoms. The van der Waals surface area contributed by atoms with Crippen LogP contribution in [-0.2, 0) is 65.4 Å². The summed E-state index contributed by atoms with van der Waals surface area (Å²) in [5.41, 5.74) is 0. The predicted octanol–water partition coefficient (Wildman–Crippen LogP) is 22.1. The summed E-state index contributed by atoms with van der Waals surface area (Å²) in [6.07, 6.45) is 56.7. The lowest BCUT2D eigenvalue weighted by Gasteiger charge is -2.21. The van der Waals surface area contributed by atoms with E-state index in [9.17, 15) is 43.2 Å². The van der Waals surface area contributed by atoms with Crippen molar-refractivity contribution < 1.29 is 80.2 Å². The van der Waals surface area contributed by atoms with Crippen LogP contribution in [0.3, 0.4) is 0 Å². The van der Waals surface area contributed by atoms with Crippen LogP contribution in [0.4, 0.5) is 0 Å². The van der Waals surface area contributed by atoms with Gasteiger partial charge in [0, 0.05) is 25.7 Å². The molecule has 94 heavy (non-hydrogen) atoms. The summed E-state index contributed by atoms with van der Waals surface area (Å²) < 4.78 is 68.5. The fraction of sp³-hybridized carbons (Fsp3) is 0.947. The van der Waals surface area contributed by atoms with Gasteiger partial charge in [-0.25, -0.2) is 9.13 Å². The van der Waals surface area contributed by atoms with Crippen molar-refractivity contribution in [3.8, 4) is 0 Å². The summed E-state index contributed by atoms with van der Waals surface area (Å²) in [5, 5.41) is 10.6. The van der Waals surface area contributed by atoms with E-state index in [4.69, 9.17) is 37.0 Å². The van der Waals surface area contributed by atoms with Gasteiger partial charge >= 0.3 is 39.5 Å². The summed E-state index contributed by atoms with van der Waals surface area (Å²) in [6, 6.07) is 0. The van der Waals surface area contributed by atoms with Crippen LogP contribution < -0.4 is 0 Å². The summed E-state index contributed by atoms with van der Waals surface area (Å²) >= 11 is 0. The largest absolute Gasteiger partial charge is 0.472 e. The molecule has 0 aliphatic carbocycles. The number of phosphoric acid groups is 2.